The molecule has 0 aliphatic carbocycles. The van der Waals surface area contributed by atoms with Crippen molar-refractivity contribution in [3.8, 4) is 11.3 Å². The number of hydrogen-bond acceptors (Lipinski definition) is 3. The van der Waals surface area contributed by atoms with Gasteiger partial charge in [-0.05, 0) is 47.3 Å². The van der Waals surface area contributed by atoms with Crippen LogP contribution in [0.1, 0.15) is 9.67 Å². The lowest BCUT2D eigenvalue weighted by Crippen LogP contribution is -2.24. The summed E-state index contributed by atoms with van der Waals surface area (Å²) in [6.07, 6.45) is 0. The number of nitrogens with one attached hydrogen (secondary N) is 2. The first-order chi connectivity index (χ1) is 13.2. The summed E-state index contributed by atoms with van der Waals surface area (Å²) in [6, 6.07) is 18.3. The van der Waals surface area contributed by atoms with Gasteiger partial charge in [0.05, 0.1) is 10.6 Å². The number of halogens is 1. The molecule has 2 aromatic carbocycles. The van der Waals surface area contributed by atoms with E-state index in [1.54, 1.807) is 23.9 Å². The monoisotopic (exact) mass is 396 g/mol. The van der Waals surface area contributed by atoms with Crippen LogP contribution in [0, 0.1) is 5.82 Å². The molecule has 0 bridgehead atoms. The SMILES string of the molecule is O=C(NCCSc1c(-c2ccc(F)cc2)[nH]c2ccccc12)c1cccs1. The smallest absolute Gasteiger partial charge is 0.261 e. The van der Waals surface area contributed by atoms with Crippen LogP contribution < -0.4 is 5.32 Å². The Morgan fingerprint density at radius 2 is 1.89 bits per heavy atom. The molecule has 0 radical (unpaired) electrons. The highest BCUT2D eigenvalue weighted by Crippen LogP contribution is 2.37. The van der Waals surface area contributed by atoms with Crippen LogP contribution in [0.5, 0.6) is 0 Å². The number of carbonyl (C=O) groups excluding carboxylic acids is 1. The van der Waals surface area contributed by atoms with E-state index < -0.39 is 0 Å². The van der Waals surface area contributed by atoms with Crippen molar-refractivity contribution in [2.45, 2.75) is 4.90 Å². The second-order valence-electron chi connectivity index (χ2n) is 5.96. The Bertz CT molecular complexity index is 1060. The Morgan fingerprint density at radius 1 is 1.07 bits per heavy atom. The summed E-state index contributed by atoms with van der Waals surface area (Å²) in [7, 11) is 0. The summed E-state index contributed by atoms with van der Waals surface area (Å²) in [5.41, 5.74) is 2.96. The number of benzene rings is 2. The minimum atomic E-state index is -0.250. The van der Waals surface area contributed by atoms with E-state index in [1.165, 1.54) is 23.5 Å². The Kier molecular flexibility index (Phi) is 5.27. The summed E-state index contributed by atoms with van der Waals surface area (Å²) in [5, 5.41) is 5.98. The average Bonchev–Trinajstić information content (AvgIpc) is 3.34. The van der Waals surface area contributed by atoms with Gasteiger partial charge in [0.2, 0.25) is 0 Å². The molecule has 3 nitrogen and oxygen atoms in total. The van der Waals surface area contributed by atoms with Gasteiger partial charge >= 0.3 is 0 Å². The number of carbonyl (C=O) groups is 1. The predicted molar refractivity (Wildman–Crippen MR) is 111 cm³/mol. The highest BCUT2D eigenvalue weighted by atomic mass is 32.2. The first-order valence-corrected chi connectivity index (χ1v) is 10.4. The zero-order valence-corrected chi connectivity index (χ0v) is 16.0. The van der Waals surface area contributed by atoms with Crippen molar-refractivity contribution in [2.24, 2.45) is 0 Å². The number of aromatic nitrogens is 1. The van der Waals surface area contributed by atoms with E-state index in [9.17, 15) is 9.18 Å². The fourth-order valence-electron chi connectivity index (χ4n) is 2.90. The lowest BCUT2D eigenvalue weighted by atomic mass is 10.1. The van der Waals surface area contributed by atoms with E-state index in [2.05, 4.69) is 16.4 Å². The normalized spacial score (nSPS) is 11.0. The quantitative estimate of drug-likeness (QED) is 0.331. The van der Waals surface area contributed by atoms with Gasteiger partial charge in [0.1, 0.15) is 5.82 Å². The van der Waals surface area contributed by atoms with Gasteiger partial charge < -0.3 is 10.3 Å². The minimum Gasteiger partial charge on any atom is -0.354 e. The second-order valence-corrected chi connectivity index (χ2v) is 8.02. The number of H-pyrrole nitrogens is 1. The van der Waals surface area contributed by atoms with Gasteiger partial charge in [-0.1, -0.05) is 24.3 Å². The molecule has 0 spiro atoms. The summed E-state index contributed by atoms with van der Waals surface area (Å²) in [5.74, 6) is 0.455. The van der Waals surface area contributed by atoms with Crippen molar-refractivity contribution in [1.82, 2.24) is 10.3 Å². The van der Waals surface area contributed by atoms with Crippen LogP contribution in [0.25, 0.3) is 22.2 Å². The minimum absolute atomic E-state index is 0.0386. The Balaban J connectivity index is 1.52. The lowest BCUT2D eigenvalue weighted by Gasteiger charge is -2.06. The van der Waals surface area contributed by atoms with Crippen molar-refractivity contribution < 1.29 is 9.18 Å². The molecular weight excluding hydrogens is 379 g/mol. The molecule has 0 fully saturated rings. The van der Waals surface area contributed by atoms with Crippen LogP contribution in [0.15, 0.2) is 70.9 Å². The van der Waals surface area contributed by atoms with E-state index in [4.69, 9.17) is 0 Å². The lowest BCUT2D eigenvalue weighted by molar-refractivity contribution is 0.0960. The van der Waals surface area contributed by atoms with Crippen molar-refractivity contribution >= 4 is 39.9 Å². The zero-order valence-electron chi connectivity index (χ0n) is 14.4. The van der Waals surface area contributed by atoms with Gasteiger partial charge in [-0.15, -0.1) is 23.1 Å². The van der Waals surface area contributed by atoms with Crippen molar-refractivity contribution in [3.05, 3.63) is 76.7 Å². The van der Waals surface area contributed by atoms with E-state index in [0.717, 1.165) is 37.7 Å². The number of amides is 1. The molecule has 0 unspecified atom stereocenters. The molecule has 6 heteroatoms. The number of fused-ring (bicyclic) bond motifs is 1. The molecule has 4 aromatic rings. The van der Waals surface area contributed by atoms with Crippen LogP contribution in [0.3, 0.4) is 0 Å². The van der Waals surface area contributed by atoms with Gasteiger partial charge in [0, 0.05) is 28.1 Å². The molecule has 0 saturated heterocycles. The Labute approximate surface area is 164 Å². The number of aromatic amines is 1. The van der Waals surface area contributed by atoms with Gasteiger partial charge in [-0.2, -0.15) is 0 Å². The van der Waals surface area contributed by atoms with Crippen LogP contribution in [0.4, 0.5) is 4.39 Å². The molecule has 2 N–H and O–H groups in total. The van der Waals surface area contributed by atoms with Crippen LogP contribution in [-0.2, 0) is 0 Å². The number of thiophene rings is 1. The molecule has 0 aliphatic rings. The van der Waals surface area contributed by atoms with Crippen molar-refractivity contribution in [1.29, 1.82) is 0 Å². The first-order valence-electron chi connectivity index (χ1n) is 8.53. The van der Waals surface area contributed by atoms with Crippen LogP contribution >= 0.6 is 23.1 Å². The standard InChI is InChI=1S/C21H17FN2OS2/c22-15-9-7-14(8-10-15)19-20(16-4-1-2-5-17(16)24-19)27-13-11-23-21(25)18-6-3-12-26-18/h1-10,12,24H,11,13H2,(H,23,25). The fraction of sp³-hybridized carbons (Fsp3) is 0.0952. The van der Waals surface area contributed by atoms with Gasteiger partial charge in [-0.25, -0.2) is 4.39 Å². The van der Waals surface area contributed by atoms with E-state index in [1.807, 2.05) is 35.7 Å². The molecule has 0 atom stereocenters. The number of rotatable bonds is 6. The predicted octanol–water partition coefficient (Wildman–Crippen LogP) is 5.56. The highest BCUT2D eigenvalue weighted by Gasteiger charge is 2.14. The summed E-state index contributed by atoms with van der Waals surface area (Å²) >= 11 is 3.12. The Morgan fingerprint density at radius 3 is 2.67 bits per heavy atom. The number of para-hydroxylation sites is 1. The molecule has 1 amide bonds. The zero-order chi connectivity index (χ0) is 18.6. The van der Waals surface area contributed by atoms with Crippen molar-refractivity contribution in [2.75, 3.05) is 12.3 Å². The molecule has 4 rings (SSSR count). The molecule has 0 aliphatic heterocycles. The first kappa shape index (κ1) is 17.8. The molecule has 27 heavy (non-hydrogen) atoms. The van der Waals surface area contributed by atoms with Crippen LogP contribution in [-0.4, -0.2) is 23.2 Å². The maximum absolute atomic E-state index is 13.3. The third-order valence-electron chi connectivity index (χ3n) is 4.17. The topological polar surface area (TPSA) is 44.9 Å². The molecular formula is C21H17FN2OS2. The van der Waals surface area contributed by atoms with Gasteiger partial charge in [0.25, 0.3) is 5.91 Å². The fourth-order valence-corrected chi connectivity index (χ4v) is 4.59. The molecule has 0 saturated carbocycles. The summed E-state index contributed by atoms with van der Waals surface area (Å²) in [4.78, 5) is 17.3. The second kappa shape index (κ2) is 7.98. The van der Waals surface area contributed by atoms with Gasteiger partial charge in [0.15, 0.2) is 0 Å². The number of hydrogen-bond donors (Lipinski definition) is 2. The maximum Gasteiger partial charge on any atom is 0.261 e. The Hall–Kier alpha value is -2.57. The van der Waals surface area contributed by atoms with Gasteiger partial charge in [-0.3, -0.25) is 4.79 Å². The number of thioether (sulfide) groups is 1. The van der Waals surface area contributed by atoms with E-state index in [0.29, 0.717) is 6.54 Å². The van der Waals surface area contributed by atoms with E-state index in [-0.39, 0.29) is 11.7 Å². The molecule has 2 heterocycles. The van der Waals surface area contributed by atoms with E-state index >= 15 is 0 Å². The summed E-state index contributed by atoms with van der Waals surface area (Å²) < 4.78 is 13.3. The molecule has 2 aromatic heterocycles. The largest absolute Gasteiger partial charge is 0.354 e. The van der Waals surface area contributed by atoms with Crippen LogP contribution in [0.2, 0.25) is 0 Å². The maximum atomic E-state index is 13.3. The molecule has 136 valence electrons. The van der Waals surface area contributed by atoms with Crippen molar-refractivity contribution in [3.63, 3.8) is 0 Å². The average molecular weight is 397 g/mol. The summed E-state index contributed by atoms with van der Waals surface area (Å²) in [6.45, 7) is 0.573. The third-order valence-corrected chi connectivity index (χ3v) is 6.16. The third kappa shape index (κ3) is 3.91. The highest BCUT2D eigenvalue weighted by molar-refractivity contribution is 7.99.